The van der Waals surface area contributed by atoms with Gasteiger partial charge in [0, 0.05) is 44.3 Å². The first-order valence-electron chi connectivity index (χ1n) is 8.53. The molecule has 0 atom stereocenters. The average Bonchev–Trinajstić information content (AvgIpc) is 2.64. The summed E-state index contributed by atoms with van der Waals surface area (Å²) in [4.78, 5) is 11.1. The summed E-state index contributed by atoms with van der Waals surface area (Å²) in [5, 5.41) is 6.45. The summed E-state index contributed by atoms with van der Waals surface area (Å²) in [6, 6.07) is 10.4. The molecule has 1 aromatic heterocycles. The molecule has 0 aliphatic carbocycles. The van der Waals surface area contributed by atoms with Gasteiger partial charge in [0.2, 0.25) is 5.95 Å². The van der Waals surface area contributed by atoms with Crippen LogP contribution in [0.25, 0.3) is 0 Å². The topological polar surface area (TPSA) is 62.3 Å². The molecule has 1 aliphatic heterocycles. The zero-order chi connectivity index (χ0) is 16.6. The monoisotopic (exact) mass is 327 g/mol. The van der Waals surface area contributed by atoms with Crippen LogP contribution >= 0.6 is 0 Å². The van der Waals surface area contributed by atoms with Crippen LogP contribution in [0, 0.1) is 0 Å². The van der Waals surface area contributed by atoms with E-state index in [1.165, 1.54) is 24.9 Å². The van der Waals surface area contributed by atoms with Gasteiger partial charge in [0.1, 0.15) is 5.82 Å². The number of methoxy groups -OCH3 is 1. The van der Waals surface area contributed by atoms with Crippen LogP contribution in [0.15, 0.2) is 36.5 Å². The van der Waals surface area contributed by atoms with Gasteiger partial charge in [-0.3, -0.25) is 0 Å². The Kier molecular flexibility index (Phi) is 5.85. The Labute approximate surface area is 143 Å². The molecule has 2 heterocycles. The lowest BCUT2D eigenvalue weighted by Crippen LogP contribution is -2.29. The molecule has 0 radical (unpaired) electrons. The molecule has 2 N–H and O–H groups in total. The van der Waals surface area contributed by atoms with Crippen molar-refractivity contribution < 1.29 is 4.74 Å². The summed E-state index contributed by atoms with van der Waals surface area (Å²) >= 11 is 0. The first-order chi connectivity index (χ1) is 11.8. The standard InChI is InChI=1S/C18H25N5O/c1-24-14-11-20-18-19-10-9-17(22-18)21-15-5-7-16(8-6-15)23-12-3-2-4-13-23/h5-10H,2-4,11-14H2,1H3,(H2,19,20,21,22). The van der Waals surface area contributed by atoms with E-state index in [-0.39, 0.29) is 0 Å². The minimum Gasteiger partial charge on any atom is -0.383 e. The first kappa shape index (κ1) is 16.5. The van der Waals surface area contributed by atoms with Crippen molar-refractivity contribution in [2.75, 3.05) is 48.9 Å². The third-order valence-corrected chi connectivity index (χ3v) is 4.11. The number of benzene rings is 1. The molecule has 1 fully saturated rings. The summed E-state index contributed by atoms with van der Waals surface area (Å²) < 4.78 is 5.01. The third-order valence-electron chi connectivity index (χ3n) is 4.11. The zero-order valence-electron chi connectivity index (χ0n) is 14.2. The third kappa shape index (κ3) is 4.58. The minimum absolute atomic E-state index is 0.599. The zero-order valence-corrected chi connectivity index (χ0v) is 14.2. The lowest BCUT2D eigenvalue weighted by molar-refractivity contribution is 0.210. The second-order valence-electron chi connectivity index (χ2n) is 5.90. The smallest absolute Gasteiger partial charge is 0.224 e. The van der Waals surface area contributed by atoms with Crippen LogP contribution in [0.2, 0.25) is 0 Å². The number of rotatable bonds is 7. The molecule has 0 saturated carbocycles. The summed E-state index contributed by atoms with van der Waals surface area (Å²) in [6.07, 6.45) is 5.68. The maximum absolute atomic E-state index is 5.01. The van der Waals surface area contributed by atoms with Gasteiger partial charge in [0.25, 0.3) is 0 Å². The number of anilines is 4. The summed E-state index contributed by atoms with van der Waals surface area (Å²) in [6.45, 7) is 3.63. The van der Waals surface area contributed by atoms with Crippen LogP contribution in [-0.4, -0.2) is 43.3 Å². The molecule has 6 heteroatoms. The Hall–Kier alpha value is -2.34. The van der Waals surface area contributed by atoms with Crippen molar-refractivity contribution >= 4 is 23.1 Å². The highest BCUT2D eigenvalue weighted by molar-refractivity contribution is 5.61. The molecule has 0 amide bonds. The SMILES string of the molecule is COCCNc1nccc(Nc2ccc(N3CCCCC3)cc2)n1. The number of hydrogen-bond donors (Lipinski definition) is 2. The van der Waals surface area contributed by atoms with Crippen LogP contribution in [0.3, 0.4) is 0 Å². The van der Waals surface area contributed by atoms with E-state index in [1.54, 1.807) is 13.3 Å². The molecule has 0 spiro atoms. The van der Waals surface area contributed by atoms with Crippen molar-refractivity contribution in [2.24, 2.45) is 0 Å². The van der Waals surface area contributed by atoms with Crippen LogP contribution in [0.4, 0.5) is 23.1 Å². The van der Waals surface area contributed by atoms with Gasteiger partial charge < -0.3 is 20.3 Å². The van der Waals surface area contributed by atoms with Gasteiger partial charge in [-0.05, 0) is 49.6 Å². The van der Waals surface area contributed by atoms with Crippen molar-refractivity contribution in [3.05, 3.63) is 36.5 Å². The molecule has 1 aromatic carbocycles. The van der Waals surface area contributed by atoms with Gasteiger partial charge in [-0.15, -0.1) is 0 Å². The van der Waals surface area contributed by atoms with Gasteiger partial charge >= 0.3 is 0 Å². The van der Waals surface area contributed by atoms with Crippen LogP contribution in [-0.2, 0) is 4.74 Å². The summed E-state index contributed by atoms with van der Waals surface area (Å²) in [5.74, 6) is 1.37. The van der Waals surface area contributed by atoms with E-state index in [1.807, 2.05) is 6.07 Å². The summed E-state index contributed by atoms with van der Waals surface area (Å²) in [7, 11) is 1.67. The van der Waals surface area contributed by atoms with Gasteiger partial charge in [0.05, 0.1) is 6.61 Å². The molecular formula is C18H25N5O. The molecule has 1 aliphatic rings. The number of ether oxygens (including phenoxy) is 1. The van der Waals surface area contributed by atoms with Gasteiger partial charge in [-0.2, -0.15) is 4.98 Å². The van der Waals surface area contributed by atoms with Crippen molar-refractivity contribution in [1.82, 2.24) is 9.97 Å². The molecule has 128 valence electrons. The lowest BCUT2D eigenvalue weighted by atomic mass is 10.1. The highest BCUT2D eigenvalue weighted by atomic mass is 16.5. The fraction of sp³-hybridized carbons (Fsp3) is 0.444. The second-order valence-corrected chi connectivity index (χ2v) is 5.90. The molecule has 0 unspecified atom stereocenters. The van der Waals surface area contributed by atoms with Crippen molar-refractivity contribution in [3.63, 3.8) is 0 Å². The van der Waals surface area contributed by atoms with E-state index in [0.717, 1.165) is 24.6 Å². The number of nitrogens with one attached hydrogen (secondary N) is 2. The molecule has 24 heavy (non-hydrogen) atoms. The largest absolute Gasteiger partial charge is 0.383 e. The van der Waals surface area contributed by atoms with Crippen LogP contribution < -0.4 is 15.5 Å². The van der Waals surface area contributed by atoms with Gasteiger partial charge in [-0.1, -0.05) is 0 Å². The predicted molar refractivity (Wildman–Crippen MR) is 98.2 cm³/mol. The Balaban J connectivity index is 1.60. The Morgan fingerprint density at radius 2 is 1.88 bits per heavy atom. The Bertz CT molecular complexity index is 626. The maximum Gasteiger partial charge on any atom is 0.224 e. The molecule has 3 rings (SSSR count). The normalized spacial score (nSPS) is 14.5. The summed E-state index contributed by atoms with van der Waals surface area (Å²) in [5.41, 5.74) is 2.32. The number of nitrogens with zero attached hydrogens (tertiary/aromatic N) is 3. The van der Waals surface area contributed by atoms with E-state index < -0.39 is 0 Å². The Morgan fingerprint density at radius 3 is 2.62 bits per heavy atom. The van der Waals surface area contributed by atoms with E-state index in [2.05, 4.69) is 49.8 Å². The second kappa shape index (κ2) is 8.49. The van der Waals surface area contributed by atoms with Crippen molar-refractivity contribution in [1.29, 1.82) is 0 Å². The number of piperidine rings is 1. The van der Waals surface area contributed by atoms with E-state index in [4.69, 9.17) is 4.74 Å². The predicted octanol–water partition coefficient (Wildman–Crippen LogP) is 3.27. The van der Waals surface area contributed by atoms with E-state index >= 15 is 0 Å². The first-order valence-corrected chi connectivity index (χ1v) is 8.53. The Morgan fingerprint density at radius 1 is 1.08 bits per heavy atom. The molecule has 1 saturated heterocycles. The van der Waals surface area contributed by atoms with Crippen LogP contribution in [0.1, 0.15) is 19.3 Å². The number of aromatic nitrogens is 2. The highest BCUT2D eigenvalue weighted by Gasteiger charge is 2.10. The van der Waals surface area contributed by atoms with E-state index in [9.17, 15) is 0 Å². The molecule has 6 nitrogen and oxygen atoms in total. The average molecular weight is 327 g/mol. The van der Waals surface area contributed by atoms with E-state index in [0.29, 0.717) is 19.1 Å². The maximum atomic E-state index is 5.01. The van der Waals surface area contributed by atoms with Gasteiger partial charge in [0.15, 0.2) is 0 Å². The minimum atomic E-state index is 0.599. The fourth-order valence-corrected chi connectivity index (χ4v) is 2.83. The molecular weight excluding hydrogens is 302 g/mol. The molecule has 0 bridgehead atoms. The molecule has 2 aromatic rings. The quantitative estimate of drug-likeness (QED) is 0.761. The lowest BCUT2D eigenvalue weighted by Gasteiger charge is -2.28. The van der Waals surface area contributed by atoms with Gasteiger partial charge in [-0.25, -0.2) is 4.98 Å². The number of hydrogen-bond acceptors (Lipinski definition) is 6. The fourth-order valence-electron chi connectivity index (χ4n) is 2.83. The van der Waals surface area contributed by atoms with Crippen molar-refractivity contribution in [3.8, 4) is 0 Å². The highest BCUT2D eigenvalue weighted by Crippen LogP contribution is 2.23. The van der Waals surface area contributed by atoms with Crippen molar-refractivity contribution in [2.45, 2.75) is 19.3 Å². The van der Waals surface area contributed by atoms with Crippen LogP contribution in [0.5, 0.6) is 0 Å².